The Morgan fingerprint density at radius 3 is 2.56 bits per heavy atom. The maximum Gasteiger partial charge on any atom is 0.0794 e. The van der Waals surface area contributed by atoms with Gasteiger partial charge in [0, 0.05) is 21.2 Å². The number of nitrogens with zero attached hydrogens (tertiary/aromatic N) is 1. The van der Waals surface area contributed by atoms with Gasteiger partial charge in [-0.3, -0.25) is 4.98 Å². The Morgan fingerprint density at radius 1 is 1.31 bits per heavy atom. The molecule has 0 atom stereocenters. The maximum absolute atomic E-state index is 4.06. The van der Waals surface area contributed by atoms with Crippen LogP contribution in [-0.2, 0) is 6.54 Å². The maximum atomic E-state index is 4.06. The SMILES string of the molecule is Cc1cc(Br)cc(C)c1NCc1cncs1. The Kier molecular flexibility index (Phi) is 3.61. The van der Waals surface area contributed by atoms with Crippen LogP contribution in [0.1, 0.15) is 16.0 Å². The molecule has 2 rings (SSSR count). The molecule has 84 valence electrons. The minimum atomic E-state index is 0.841. The summed E-state index contributed by atoms with van der Waals surface area (Å²) in [5.41, 5.74) is 5.60. The first-order valence-corrected chi connectivity index (χ1v) is 6.72. The minimum absolute atomic E-state index is 0.841. The molecule has 1 heterocycles. The highest BCUT2D eigenvalue weighted by Crippen LogP contribution is 2.25. The monoisotopic (exact) mass is 296 g/mol. The molecule has 2 aromatic rings. The highest BCUT2D eigenvalue weighted by molar-refractivity contribution is 9.10. The number of halogens is 1. The van der Waals surface area contributed by atoms with Gasteiger partial charge >= 0.3 is 0 Å². The molecule has 1 N–H and O–H groups in total. The number of thiazole rings is 1. The van der Waals surface area contributed by atoms with Gasteiger partial charge in [-0.1, -0.05) is 15.9 Å². The lowest BCUT2D eigenvalue weighted by atomic mass is 10.1. The van der Waals surface area contributed by atoms with Crippen molar-refractivity contribution in [1.82, 2.24) is 4.98 Å². The zero-order valence-electron chi connectivity index (χ0n) is 9.25. The van der Waals surface area contributed by atoms with Crippen LogP contribution in [-0.4, -0.2) is 4.98 Å². The van der Waals surface area contributed by atoms with E-state index in [2.05, 4.69) is 52.2 Å². The molecular formula is C12H13BrN2S. The summed E-state index contributed by atoms with van der Waals surface area (Å²) in [5, 5.41) is 3.46. The van der Waals surface area contributed by atoms with E-state index in [1.165, 1.54) is 21.7 Å². The van der Waals surface area contributed by atoms with Crippen LogP contribution in [0, 0.1) is 13.8 Å². The van der Waals surface area contributed by atoms with Crippen LogP contribution in [0.2, 0.25) is 0 Å². The van der Waals surface area contributed by atoms with E-state index in [-0.39, 0.29) is 0 Å². The molecule has 0 aliphatic rings. The van der Waals surface area contributed by atoms with E-state index in [4.69, 9.17) is 0 Å². The van der Waals surface area contributed by atoms with Gasteiger partial charge in [0.05, 0.1) is 12.1 Å². The number of aryl methyl sites for hydroxylation is 2. The summed E-state index contributed by atoms with van der Waals surface area (Å²) in [4.78, 5) is 5.32. The van der Waals surface area contributed by atoms with Gasteiger partial charge < -0.3 is 5.32 Å². The summed E-state index contributed by atoms with van der Waals surface area (Å²) in [5.74, 6) is 0. The molecule has 2 nitrogen and oxygen atoms in total. The Labute approximate surface area is 108 Å². The molecule has 0 fully saturated rings. The smallest absolute Gasteiger partial charge is 0.0794 e. The van der Waals surface area contributed by atoms with E-state index in [1.807, 2.05) is 11.7 Å². The Hall–Kier alpha value is -0.870. The first-order valence-electron chi connectivity index (χ1n) is 5.05. The van der Waals surface area contributed by atoms with Crippen molar-refractivity contribution in [3.05, 3.63) is 44.3 Å². The summed E-state index contributed by atoms with van der Waals surface area (Å²) in [6, 6.07) is 4.25. The first-order chi connectivity index (χ1) is 7.66. The third-order valence-electron chi connectivity index (χ3n) is 2.42. The highest BCUT2D eigenvalue weighted by Gasteiger charge is 2.04. The van der Waals surface area contributed by atoms with Crippen LogP contribution in [0.4, 0.5) is 5.69 Å². The molecule has 0 amide bonds. The Bertz CT molecular complexity index is 457. The van der Waals surface area contributed by atoms with Crippen molar-refractivity contribution in [3.8, 4) is 0 Å². The number of aromatic nitrogens is 1. The molecule has 1 aromatic carbocycles. The molecule has 0 aliphatic carbocycles. The van der Waals surface area contributed by atoms with Crippen LogP contribution in [0.5, 0.6) is 0 Å². The summed E-state index contributed by atoms with van der Waals surface area (Å²) in [7, 11) is 0. The molecule has 0 radical (unpaired) electrons. The van der Waals surface area contributed by atoms with Crippen molar-refractivity contribution in [2.45, 2.75) is 20.4 Å². The van der Waals surface area contributed by atoms with E-state index in [9.17, 15) is 0 Å². The summed E-state index contributed by atoms with van der Waals surface area (Å²) < 4.78 is 1.13. The quantitative estimate of drug-likeness (QED) is 0.921. The first kappa shape index (κ1) is 11.6. The van der Waals surface area contributed by atoms with Crippen molar-refractivity contribution < 1.29 is 0 Å². The second kappa shape index (κ2) is 4.97. The lowest BCUT2D eigenvalue weighted by Crippen LogP contribution is -2.01. The van der Waals surface area contributed by atoms with Crippen LogP contribution >= 0.6 is 27.3 Å². The van der Waals surface area contributed by atoms with Gasteiger partial charge in [0.15, 0.2) is 0 Å². The van der Waals surface area contributed by atoms with Crippen LogP contribution in [0.3, 0.4) is 0 Å². The number of nitrogens with one attached hydrogen (secondary N) is 1. The second-order valence-electron chi connectivity index (χ2n) is 3.74. The normalized spacial score (nSPS) is 10.4. The van der Waals surface area contributed by atoms with Gasteiger partial charge in [0.2, 0.25) is 0 Å². The fourth-order valence-electron chi connectivity index (χ4n) is 1.69. The number of hydrogen-bond acceptors (Lipinski definition) is 3. The van der Waals surface area contributed by atoms with E-state index in [1.54, 1.807) is 11.3 Å². The zero-order chi connectivity index (χ0) is 11.5. The van der Waals surface area contributed by atoms with E-state index in [0.29, 0.717) is 0 Å². The largest absolute Gasteiger partial charge is 0.380 e. The third-order valence-corrected chi connectivity index (χ3v) is 3.66. The van der Waals surface area contributed by atoms with E-state index >= 15 is 0 Å². The molecule has 0 bridgehead atoms. The van der Waals surface area contributed by atoms with Gasteiger partial charge in [0.1, 0.15) is 0 Å². The van der Waals surface area contributed by atoms with E-state index in [0.717, 1.165) is 11.0 Å². The predicted octanol–water partition coefficient (Wildman–Crippen LogP) is 4.13. The minimum Gasteiger partial charge on any atom is -0.380 e. The molecule has 1 aromatic heterocycles. The lowest BCUT2D eigenvalue weighted by molar-refractivity contribution is 1.15. The molecule has 0 saturated heterocycles. The Morgan fingerprint density at radius 2 is 2.00 bits per heavy atom. The molecule has 0 aliphatic heterocycles. The fraction of sp³-hybridized carbons (Fsp3) is 0.250. The lowest BCUT2D eigenvalue weighted by Gasteiger charge is -2.12. The van der Waals surface area contributed by atoms with Crippen LogP contribution < -0.4 is 5.32 Å². The van der Waals surface area contributed by atoms with Gasteiger partial charge in [-0.2, -0.15) is 0 Å². The average Bonchev–Trinajstić information content (AvgIpc) is 2.68. The number of hydrogen-bond donors (Lipinski definition) is 1. The average molecular weight is 297 g/mol. The molecule has 0 saturated carbocycles. The summed E-state index contributed by atoms with van der Waals surface area (Å²) in [6.07, 6.45) is 1.90. The van der Waals surface area contributed by atoms with Gasteiger partial charge in [-0.25, -0.2) is 0 Å². The molecule has 16 heavy (non-hydrogen) atoms. The predicted molar refractivity (Wildman–Crippen MR) is 73.1 cm³/mol. The van der Waals surface area contributed by atoms with Gasteiger partial charge in [-0.05, 0) is 37.1 Å². The second-order valence-corrected chi connectivity index (χ2v) is 5.62. The van der Waals surface area contributed by atoms with E-state index < -0.39 is 0 Å². The molecule has 0 unspecified atom stereocenters. The Balaban J connectivity index is 2.15. The molecular weight excluding hydrogens is 284 g/mol. The molecule has 4 heteroatoms. The van der Waals surface area contributed by atoms with Crippen molar-refractivity contribution in [2.24, 2.45) is 0 Å². The van der Waals surface area contributed by atoms with Crippen molar-refractivity contribution in [1.29, 1.82) is 0 Å². The standard InChI is InChI=1S/C12H13BrN2S/c1-8-3-10(13)4-9(2)12(8)15-6-11-5-14-7-16-11/h3-5,7,15H,6H2,1-2H3. The summed E-state index contributed by atoms with van der Waals surface area (Å²) in [6.45, 7) is 5.08. The number of rotatable bonds is 3. The van der Waals surface area contributed by atoms with Crippen LogP contribution in [0.25, 0.3) is 0 Å². The fourth-order valence-corrected chi connectivity index (χ4v) is 2.92. The van der Waals surface area contributed by atoms with Gasteiger partial charge in [0.25, 0.3) is 0 Å². The number of anilines is 1. The van der Waals surface area contributed by atoms with Crippen molar-refractivity contribution >= 4 is 33.0 Å². The van der Waals surface area contributed by atoms with Gasteiger partial charge in [-0.15, -0.1) is 11.3 Å². The number of benzene rings is 1. The van der Waals surface area contributed by atoms with Crippen LogP contribution in [0.15, 0.2) is 28.3 Å². The van der Waals surface area contributed by atoms with Crippen molar-refractivity contribution in [2.75, 3.05) is 5.32 Å². The highest BCUT2D eigenvalue weighted by atomic mass is 79.9. The summed E-state index contributed by atoms with van der Waals surface area (Å²) >= 11 is 5.18. The third kappa shape index (κ3) is 2.62. The topological polar surface area (TPSA) is 24.9 Å². The molecule has 0 spiro atoms. The van der Waals surface area contributed by atoms with Crippen molar-refractivity contribution in [3.63, 3.8) is 0 Å². The zero-order valence-corrected chi connectivity index (χ0v) is 11.7.